The second-order valence-corrected chi connectivity index (χ2v) is 7.68. The first-order valence-corrected chi connectivity index (χ1v) is 10.1. The van der Waals surface area contributed by atoms with Crippen LogP contribution in [-0.2, 0) is 22.6 Å². The van der Waals surface area contributed by atoms with Gasteiger partial charge in [-0.1, -0.05) is 66.6 Å². The summed E-state index contributed by atoms with van der Waals surface area (Å²) in [5, 5.41) is 3.54. The molecule has 0 bridgehead atoms. The SMILES string of the molecule is CC[C@H](C)NC(=O)[C@H](C)N(Cc1cccc(C)c1)C(=O)Cc1ccccc1Cl. The van der Waals surface area contributed by atoms with Gasteiger partial charge in [0.05, 0.1) is 6.42 Å². The Bertz CT molecular complexity index is 822. The Hall–Kier alpha value is -2.33. The lowest BCUT2D eigenvalue weighted by Gasteiger charge is -2.30. The van der Waals surface area contributed by atoms with Crippen molar-refractivity contribution in [2.75, 3.05) is 0 Å². The molecule has 2 rings (SSSR count). The van der Waals surface area contributed by atoms with Gasteiger partial charge in [0, 0.05) is 17.6 Å². The molecule has 2 aromatic rings. The highest BCUT2D eigenvalue weighted by atomic mass is 35.5. The highest BCUT2D eigenvalue weighted by Gasteiger charge is 2.27. The predicted molar refractivity (Wildman–Crippen MR) is 114 cm³/mol. The van der Waals surface area contributed by atoms with Crippen molar-refractivity contribution in [3.63, 3.8) is 0 Å². The van der Waals surface area contributed by atoms with Crippen molar-refractivity contribution < 1.29 is 9.59 Å². The largest absolute Gasteiger partial charge is 0.352 e. The Balaban J connectivity index is 2.25. The van der Waals surface area contributed by atoms with Crippen LogP contribution in [-0.4, -0.2) is 28.8 Å². The number of halogens is 1. The molecule has 0 radical (unpaired) electrons. The van der Waals surface area contributed by atoms with E-state index in [1.54, 1.807) is 17.9 Å². The Morgan fingerprint density at radius 3 is 2.46 bits per heavy atom. The third-order valence-electron chi connectivity index (χ3n) is 4.90. The molecule has 1 N–H and O–H groups in total. The molecule has 0 heterocycles. The third-order valence-corrected chi connectivity index (χ3v) is 5.27. The average Bonchev–Trinajstić information content (AvgIpc) is 2.67. The third kappa shape index (κ3) is 6.10. The molecule has 0 saturated carbocycles. The highest BCUT2D eigenvalue weighted by molar-refractivity contribution is 6.31. The first kappa shape index (κ1) is 22.0. The van der Waals surface area contributed by atoms with Gasteiger partial charge in [-0.3, -0.25) is 9.59 Å². The smallest absolute Gasteiger partial charge is 0.242 e. The molecule has 0 unspecified atom stereocenters. The maximum absolute atomic E-state index is 13.1. The molecular formula is C23H29ClN2O2. The number of carbonyl (C=O) groups is 2. The quantitative estimate of drug-likeness (QED) is 0.708. The maximum atomic E-state index is 13.1. The zero-order valence-corrected chi connectivity index (χ0v) is 17.8. The molecule has 2 atom stereocenters. The molecule has 4 nitrogen and oxygen atoms in total. The van der Waals surface area contributed by atoms with Crippen LogP contribution >= 0.6 is 11.6 Å². The topological polar surface area (TPSA) is 49.4 Å². The number of carbonyl (C=O) groups excluding carboxylic acids is 2. The standard InChI is InChI=1S/C23H29ClN2O2/c1-5-17(3)25-23(28)18(4)26(15-19-10-8-9-16(2)13-19)22(27)14-20-11-6-7-12-21(20)24/h6-13,17-18H,5,14-15H2,1-4H3,(H,25,28)/t17-,18-/m0/s1. The Kier molecular flexibility index (Phi) is 8.06. The lowest BCUT2D eigenvalue weighted by Crippen LogP contribution is -2.49. The van der Waals surface area contributed by atoms with E-state index in [1.807, 2.05) is 63.2 Å². The van der Waals surface area contributed by atoms with Gasteiger partial charge in [0.2, 0.25) is 11.8 Å². The lowest BCUT2D eigenvalue weighted by molar-refractivity contribution is -0.140. The van der Waals surface area contributed by atoms with Crippen LogP contribution in [0, 0.1) is 6.92 Å². The van der Waals surface area contributed by atoms with Gasteiger partial charge in [0.1, 0.15) is 6.04 Å². The van der Waals surface area contributed by atoms with E-state index in [0.717, 1.165) is 23.1 Å². The van der Waals surface area contributed by atoms with E-state index in [9.17, 15) is 9.59 Å². The average molecular weight is 401 g/mol. The molecule has 150 valence electrons. The zero-order chi connectivity index (χ0) is 20.7. The van der Waals surface area contributed by atoms with Gasteiger partial charge in [-0.2, -0.15) is 0 Å². The lowest BCUT2D eigenvalue weighted by atomic mass is 10.1. The summed E-state index contributed by atoms with van der Waals surface area (Å²) in [4.78, 5) is 27.5. The van der Waals surface area contributed by atoms with Gasteiger partial charge in [-0.25, -0.2) is 0 Å². The highest BCUT2D eigenvalue weighted by Crippen LogP contribution is 2.18. The second kappa shape index (κ2) is 10.3. The summed E-state index contributed by atoms with van der Waals surface area (Å²) in [6, 6.07) is 14.8. The number of aryl methyl sites for hydroxylation is 1. The summed E-state index contributed by atoms with van der Waals surface area (Å²) in [6.07, 6.45) is 0.996. The minimum Gasteiger partial charge on any atom is -0.352 e. The summed E-state index contributed by atoms with van der Waals surface area (Å²) in [6.45, 7) is 8.14. The van der Waals surface area contributed by atoms with E-state index in [0.29, 0.717) is 11.6 Å². The fourth-order valence-electron chi connectivity index (χ4n) is 2.96. The monoisotopic (exact) mass is 400 g/mol. The number of hydrogen-bond acceptors (Lipinski definition) is 2. The second-order valence-electron chi connectivity index (χ2n) is 7.27. The molecule has 28 heavy (non-hydrogen) atoms. The number of rotatable bonds is 8. The van der Waals surface area contributed by atoms with Gasteiger partial charge in [-0.15, -0.1) is 0 Å². The molecule has 2 aromatic carbocycles. The van der Waals surface area contributed by atoms with Crippen LogP contribution in [0.25, 0.3) is 0 Å². The number of nitrogens with one attached hydrogen (secondary N) is 1. The Morgan fingerprint density at radius 1 is 1.11 bits per heavy atom. The van der Waals surface area contributed by atoms with Gasteiger partial charge in [0.25, 0.3) is 0 Å². The van der Waals surface area contributed by atoms with Gasteiger partial charge >= 0.3 is 0 Å². The van der Waals surface area contributed by atoms with E-state index in [4.69, 9.17) is 11.6 Å². The predicted octanol–water partition coefficient (Wildman–Crippen LogP) is 4.52. The number of amides is 2. The van der Waals surface area contributed by atoms with Crippen LogP contribution in [0.3, 0.4) is 0 Å². The van der Waals surface area contributed by atoms with Crippen LogP contribution in [0.2, 0.25) is 5.02 Å². The molecular weight excluding hydrogens is 372 g/mol. The Morgan fingerprint density at radius 2 is 1.82 bits per heavy atom. The van der Waals surface area contributed by atoms with Crippen LogP contribution in [0.1, 0.15) is 43.9 Å². The van der Waals surface area contributed by atoms with Crippen LogP contribution < -0.4 is 5.32 Å². The van der Waals surface area contributed by atoms with Gasteiger partial charge < -0.3 is 10.2 Å². The number of hydrogen-bond donors (Lipinski definition) is 1. The molecule has 0 aliphatic heterocycles. The summed E-state index contributed by atoms with van der Waals surface area (Å²) < 4.78 is 0. The minimum absolute atomic E-state index is 0.0643. The molecule has 2 amide bonds. The maximum Gasteiger partial charge on any atom is 0.242 e. The normalized spacial score (nSPS) is 12.9. The van der Waals surface area contributed by atoms with Crippen molar-refractivity contribution in [1.29, 1.82) is 0 Å². The van der Waals surface area contributed by atoms with Crippen molar-refractivity contribution in [1.82, 2.24) is 10.2 Å². The van der Waals surface area contributed by atoms with Crippen molar-refractivity contribution in [2.24, 2.45) is 0 Å². The van der Waals surface area contributed by atoms with E-state index in [2.05, 4.69) is 5.32 Å². The fourth-order valence-corrected chi connectivity index (χ4v) is 3.16. The van der Waals surface area contributed by atoms with E-state index in [1.165, 1.54) is 0 Å². The fraction of sp³-hybridized carbons (Fsp3) is 0.391. The Labute approximate surface area is 172 Å². The van der Waals surface area contributed by atoms with Crippen molar-refractivity contribution in [3.05, 3.63) is 70.2 Å². The van der Waals surface area contributed by atoms with Crippen molar-refractivity contribution in [2.45, 2.75) is 59.2 Å². The molecule has 5 heteroatoms. The van der Waals surface area contributed by atoms with Gasteiger partial charge in [-0.05, 0) is 44.4 Å². The summed E-state index contributed by atoms with van der Waals surface area (Å²) >= 11 is 6.23. The molecule has 0 aliphatic rings. The summed E-state index contributed by atoms with van der Waals surface area (Å²) in [5.41, 5.74) is 2.88. The molecule has 0 aromatic heterocycles. The van der Waals surface area contributed by atoms with Crippen LogP contribution in [0.5, 0.6) is 0 Å². The molecule has 0 saturated heterocycles. The summed E-state index contributed by atoms with van der Waals surface area (Å²) in [5.74, 6) is -0.268. The first-order chi connectivity index (χ1) is 13.3. The minimum atomic E-state index is -0.579. The van der Waals surface area contributed by atoms with Crippen LogP contribution in [0.15, 0.2) is 48.5 Å². The molecule has 0 spiro atoms. The van der Waals surface area contributed by atoms with Crippen LogP contribution in [0.4, 0.5) is 0 Å². The molecule has 0 aliphatic carbocycles. The van der Waals surface area contributed by atoms with E-state index < -0.39 is 6.04 Å². The molecule has 0 fully saturated rings. The van der Waals surface area contributed by atoms with E-state index in [-0.39, 0.29) is 24.3 Å². The van der Waals surface area contributed by atoms with Crippen molar-refractivity contribution in [3.8, 4) is 0 Å². The summed E-state index contributed by atoms with van der Waals surface area (Å²) in [7, 11) is 0. The van der Waals surface area contributed by atoms with Gasteiger partial charge in [0.15, 0.2) is 0 Å². The zero-order valence-electron chi connectivity index (χ0n) is 17.0. The number of benzene rings is 2. The van der Waals surface area contributed by atoms with E-state index >= 15 is 0 Å². The first-order valence-electron chi connectivity index (χ1n) is 9.70. The number of nitrogens with zero attached hydrogens (tertiary/aromatic N) is 1. The van der Waals surface area contributed by atoms with Crippen molar-refractivity contribution >= 4 is 23.4 Å².